The van der Waals surface area contributed by atoms with Crippen molar-refractivity contribution in [2.24, 2.45) is 0 Å². The SMILES string of the molecule is CC1(C)Nc2c(Br)ccc(Br)c2N1. The Morgan fingerprint density at radius 1 is 1.00 bits per heavy atom. The molecule has 1 aliphatic heterocycles. The predicted octanol–water partition coefficient (Wildman–Crippen LogP) is 3.79. The summed E-state index contributed by atoms with van der Waals surface area (Å²) in [5.41, 5.74) is 2.17. The van der Waals surface area contributed by atoms with Crippen molar-refractivity contribution in [3.63, 3.8) is 0 Å². The van der Waals surface area contributed by atoms with E-state index in [1.165, 1.54) is 0 Å². The van der Waals surface area contributed by atoms with Gasteiger partial charge in [-0.25, -0.2) is 0 Å². The van der Waals surface area contributed by atoms with E-state index in [0.717, 1.165) is 20.3 Å². The summed E-state index contributed by atoms with van der Waals surface area (Å²) in [6.45, 7) is 4.21. The summed E-state index contributed by atoms with van der Waals surface area (Å²) in [6, 6.07) is 4.05. The topological polar surface area (TPSA) is 24.1 Å². The molecule has 70 valence electrons. The highest BCUT2D eigenvalue weighted by atomic mass is 79.9. The third kappa shape index (κ3) is 1.57. The number of benzene rings is 1. The summed E-state index contributed by atoms with van der Waals surface area (Å²) in [4.78, 5) is 0. The Bertz CT molecular complexity index is 328. The predicted molar refractivity (Wildman–Crippen MR) is 63.2 cm³/mol. The van der Waals surface area contributed by atoms with Crippen LogP contribution in [0, 0.1) is 0 Å². The van der Waals surface area contributed by atoms with Gasteiger partial charge in [0.05, 0.1) is 11.4 Å². The fraction of sp³-hybridized carbons (Fsp3) is 0.333. The van der Waals surface area contributed by atoms with Gasteiger partial charge >= 0.3 is 0 Å². The van der Waals surface area contributed by atoms with Crippen LogP contribution in [0.25, 0.3) is 0 Å². The average Bonchev–Trinajstić information content (AvgIpc) is 2.35. The van der Waals surface area contributed by atoms with E-state index < -0.39 is 0 Å². The molecule has 0 saturated carbocycles. The molecule has 1 aliphatic rings. The minimum absolute atomic E-state index is 0.0747. The highest BCUT2D eigenvalue weighted by molar-refractivity contribution is 9.11. The molecule has 0 radical (unpaired) electrons. The molecule has 0 aromatic heterocycles. The van der Waals surface area contributed by atoms with Gasteiger partial charge in [-0.3, -0.25) is 0 Å². The van der Waals surface area contributed by atoms with Crippen LogP contribution in [0.15, 0.2) is 21.1 Å². The molecule has 1 heterocycles. The van der Waals surface area contributed by atoms with Crippen LogP contribution < -0.4 is 10.6 Å². The highest BCUT2D eigenvalue weighted by Gasteiger charge is 2.29. The lowest BCUT2D eigenvalue weighted by Gasteiger charge is -2.19. The first-order valence-electron chi connectivity index (χ1n) is 4.04. The summed E-state index contributed by atoms with van der Waals surface area (Å²) in [7, 11) is 0. The molecule has 2 N–H and O–H groups in total. The van der Waals surface area contributed by atoms with Crippen molar-refractivity contribution in [1.82, 2.24) is 0 Å². The molecular weight excluding hydrogens is 296 g/mol. The quantitative estimate of drug-likeness (QED) is 0.762. The van der Waals surface area contributed by atoms with Crippen LogP contribution in [0.5, 0.6) is 0 Å². The Kier molecular flexibility index (Phi) is 2.07. The molecule has 4 heteroatoms. The Morgan fingerprint density at radius 3 is 1.77 bits per heavy atom. The monoisotopic (exact) mass is 304 g/mol. The van der Waals surface area contributed by atoms with E-state index in [-0.39, 0.29) is 5.66 Å². The first-order valence-corrected chi connectivity index (χ1v) is 5.62. The van der Waals surface area contributed by atoms with Gasteiger partial charge < -0.3 is 10.6 Å². The van der Waals surface area contributed by atoms with Crippen molar-refractivity contribution >= 4 is 43.2 Å². The van der Waals surface area contributed by atoms with Crippen LogP contribution in [0.3, 0.4) is 0 Å². The smallest absolute Gasteiger partial charge is 0.102 e. The molecule has 0 bridgehead atoms. The summed E-state index contributed by atoms with van der Waals surface area (Å²) in [5, 5.41) is 6.79. The average molecular weight is 306 g/mol. The molecule has 1 aromatic rings. The van der Waals surface area contributed by atoms with Gasteiger partial charge in [0.25, 0.3) is 0 Å². The molecular formula is C9H10Br2N2. The number of halogens is 2. The zero-order valence-corrected chi connectivity index (χ0v) is 10.6. The van der Waals surface area contributed by atoms with Gasteiger partial charge in [-0.2, -0.15) is 0 Å². The van der Waals surface area contributed by atoms with Gasteiger partial charge in [0, 0.05) is 8.95 Å². The Labute approximate surface area is 94.4 Å². The molecule has 2 rings (SSSR count). The first-order chi connectivity index (χ1) is 5.99. The van der Waals surface area contributed by atoms with Crippen molar-refractivity contribution in [2.45, 2.75) is 19.5 Å². The zero-order chi connectivity index (χ0) is 9.64. The Morgan fingerprint density at radius 2 is 1.38 bits per heavy atom. The van der Waals surface area contributed by atoms with Crippen LogP contribution >= 0.6 is 31.9 Å². The zero-order valence-electron chi connectivity index (χ0n) is 7.41. The van der Waals surface area contributed by atoms with Gasteiger partial charge in [-0.15, -0.1) is 0 Å². The van der Waals surface area contributed by atoms with Gasteiger partial charge in [-0.05, 0) is 57.8 Å². The van der Waals surface area contributed by atoms with Crippen LogP contribution in [-0.2, 0) is 0 Å². The number of hydrogen-bond acceptors (Lipinski definition) is 2. The van der Waals surface area contributed by atoms with Crippen molar-refractivity contribution in [1.29, 1.82) is 0 Å². The van der Waals surface area contributed by atoms with Gasteiger partial charge in [0.15, 0.2) is 0 Å². The van der Waals surface area contributed by atoms with Crippen LogP contribution in [0.1, 0.15) is 13.8 Å². The Hall–Kier alpha value is -0.220. The first kappa shape index (κ1) is 9.34. The lowest BCUT2D eigenvalue weighted by atomic mass is 10.3. The van der Waals surface area contributed by atoms with Crippen molar-refractivity contribution < 1.29 is 0 Å². The second kappa shape index (κ2) is 2.89. The number of rotatable bonds is 0. The fourth-order valence-corrected chi connectivity index (χ4v) is 2.31. The normalized spacial score (nSPS) is 17.5. The van der Waals surface area contributed by atoms with E-state index in [1.807, 2.05) is 12.1 Å². The lowest BCUT2D eigenvalue weighted by Crippen LogP contribution is -2.33. The maximum atomic E-state index is 3.51. The molecule has 0 unspecified atom stereocenters. The van der Waals surface area contributed by atoms with E-state index in [9.17, 15) is 0 Å². The standard InChI is InChI=1S/C9H10Br2N2/c1-9(2)12-7-5(10)3-4-6(11)8(7)13-9/h3-4,12-13H,1-2H3. The lowest BCUT2D eigenvalue weighted by molar-refractivity contribution is 0.674. The van der Waals surface area contributed by atoms with Crippen LogP contribution in [-0.4, -0.2) is 5.66 Å². The molecule has 0 saturated heterocycles. The molecule has 0 aliphatic carbocycles. The molecule has 2 nitrogen and oxygen atoms in total. The molecule has 0 fully saturated rings. The van der Waals surface area contributed by atoms with Crippen molar-refractivity contribution in [3.8, 4) is 0 Å². The van der Waals surface area contributed by atoms with Gasteiger partial charge in [0.1, 0.15) is 5.66 Å². The molecule has 1 aromatic carbocycles. The van der Waals surface area contributed by atoms with E-state index in [2.05, 4.69) is 56.3 Å². The van der Waals surface area contributed by atoms with E-state index in [4.69, 9.17) is 0 Å². The van der Waals surface area contributed by atoms with Crippen molar-refractivity contribution in [3.05, 3.63) is 21.1 Å². The highest BCUT2D eigenvalue weighted by Crippen LogP contribution is 2.43. The second-order valence-corrected chi connectivity index (χ2v) is 5.36. The summed E-state index contributed by atoms with van der Waals surface area (Å²) < 4.78 is 2.17. The summed E-state index contributed by atoms with van der Waals surface area (Å²) >= 11 is 7.02. The van der Waals surface area contributed by atoms with Gasteiger partial charge in [0.2, 0.25) is 0 Å². The second-order valence-electron chi connectivity index (χ2n) is 3.65. The maximum Gasteiger partial charge on any atom is 0.102 e. The number of anilines is 2. The van der Waals surface area contributed by atoms with E-state index in [0.29, 0.717) is 0 Å². The van der Waals surface area contributed by atoms with E-state index in [1.54, 1.807) is 0 Å². The van der Waals surface area contributed by atoms with Gasteiger partial charge in [-0.1, -0.05) is 0 Å². The number of fused-ring (bicyclic) bond motifs is 1. The van der Waals surface area contributed by atoms with Crippen molar-refractivity contribution in [2.75, 3.05) is 10.6 Å². The molecule has 0 spiro atoms. The third-order valence-corrected chi connectivity index (χ3v) is 3.30. The van der Waals surface area contributed by atoms with Crippen LogP contribution in [0.4, 0.5) is 11.4 Å². The number of hydrogen-bond donors (Lipinski definition) is 2. The minimum atomic E-state index is -0.0747. The van der Waals surface area contributed by atoms with Crippen LogP contribution in [0.2, 0.25) is 0 Å². The molecule has 13 heavy (non-hydrogen) atoms. The minimum Gasteiger partial charge on any atom is -0.361 e. The summed E-state index contributed by atoms with van der Waals surface area (Å²) in [5.74, 6) is 0. The molecule has 0 atom stereocenters. The number of nitrogens with one attached hydrogen (secondary N) is 2. The summed E-state index contributed by atoms with van der Waals surface area (Å²) in [6.07, 6.45) is 0. The Balaban J connectivity index is 2.56. The third-order valence-electron chi connectivity index (χ3n) is 1.98. The van der Waals surface area contributed by atoms with E-state index >= 15 is 0 Å². The molecule has 0 amide bonds. The maximum absolute atomic E-state index is 3.51. The fourth-order valence-electron chi connectivity index (χ4n) is 1.45. The largest absolute Gasteiger partial charge is 0.361 e.